The van der Waals surface area contributed by atoms with E-state index >= 15 is 0 Å². The highest BCUT2D eigenvalue weighted by Crippen LogP contribution is 2.37. The smallest absolute Gasteiger partial charge is 0.133 e. The molecule has 0 aromatic heterocycles. The maximum absolute atomic E-state index is 13.8. The van der Waals surface area contributed by atoms with Gasteiger partial charge in [0.05, 0.1) is 0 Å². The average Bonchev–Trinajstić information content (AvgIpc) is 2.84. The lowest BCUT2D eigenvalue weighted by molar-refractivity contribution is 0.245. The van der Waals surface area contributed by atoms with Gasteiger partial charge in [0.15, 0.2) is 0 Å². The van der Waals surface area contributed by atoms with Crippen molar-refractivity contribution in [1.29, 1.82) is 0 Å². The van der Waals surface area contributed by atoms with Crippen molar-refractivity contribution in [1.82, 2.24) is 0 Å². The summed E-state index contributed by atoms with van der Waals surface area (Å²) >= 11 is 0. The molecule has 4 rings (SSSR count). The minimum atomic E-state index is -0.552. The Morgan fingerprint density at radius 3 is 2.21 bits per heavy atom. The van der Waals surface area contributed by atoms with Crippen LogP contribution in [0.5, 0.6) is 0 Å². The summed E-state index contributed by atoms with van der Waals surface area (Å²) < 4.78 is 26.8. The molecule has 3 aromatic carbocycles. The lowest BCUT2D eigenvalue weighted by Gasteiger charge is -2.30. The SMILES string of the molecule is C[C@H](CC1CCC(CCc2ccc(C=Cc3ccc(F)cc3F)cc2)CC1)c1ccccc1. The van der Waals surface area contributed by atoms with Crippen LogP contribution < -0.4 is 0 Å². The Morgan fingerprint density at radius 2 is 1.52 bits per heavy atom. The Morgan fingerprint density at radius 1 is 0.818 bits per heavy atom. The molecule has 1 aliphatic carbocycles. The third-order valence-electron chi connectivity index (χ3n) is 7.26. The zero-order chi connectivity index (χ0) is 23.0. The predicted octanol–water partition coefficient (Wildman–Crippen LogP) is 9.07. The van der Waals surface area contributed by atoms with E-state index in [-0.39, 0.29) is 0 Å². The molecule has 0 spiro atoms. The summed E-state index contributed by atoms with van der Waals surface area (Å²) in [7, 11) is 0. The van der Waals surface area contributed by atoms with Crippen molar-refractivity contribution in [2.45, 2.75) is 57.8 Å². The third kappa shape index (κ3) is 6.87. The molecule has 1 aliphatic rings. The highest BCUT2D eigenvalue weighted by molar-refractivity contribution is 5.69. The molecule has 33 heavy (non-hydrogen) atoms. The van der Waals surface area contributed by atoms with Crippen LogP contribution in [0, 0.1) is 23.5 Å². The predicted molar refractivity (Wildman–Crippen MR) is 135 cm³/mol. The maximum Gasteiger partial charge on any atom is 0.133 e. The summed E-state index contributed by atoms with van der Waals surface area (Å²) in [6, 6.07) is 23.1. The van der Waals surface area contributed by atoms with Crippen molar-refractivity contribution in [3.63, 3.8) is 0 Å². The molecule has 2 heteroatoms. The fraction of sp³-hybridized carbons (Fsp3) is 0.355. The van der Waals surface area contributed by atoms with Gasteiger partial charge in [0.2, 0.25) is 0 Å². The minimum Gasteiger partial charge on any atom is -0.207 e. The molecule has 0 radical (unpaired) electrons. The van der Waals surface area contributed by atoms with E-state index in [4.69, 9.17) is 0 Å². The van der Waals surface area contributed by atoms with Crippen LogP contribution in [0.3, 0.4) is 0 Å². The van der Waals surface area contributed by atoms with Gasteiger partial charge < -0.3 is 0 Å². The van der Waals surface area contributed by atoms with Gasteiger partial charge in [0.1, 0.15) is 11.6 Å². The molecule has 0 amide bonds. The van der Waals surface area contributed by atoms with Crippen LogP contribution in [0.1, 0.15) is 73.6 Å². The fourth-order valence-electron chi connectivity index (χ4n) is 5.16. The van der Waals surface area contributed by atoms with Crippen LogP contribution >= 0.6 is 0 Å². The van der Waals surface area contributed by atoms with E-state index in [1.807, 2.05) is 6.08 Å². The van der Waals surface area contributed by atoms with Crippen LogP contribution in [-0.2, 0) is 6.42 Å². The Bertz CT molecular complexity index is 1030. The van der Waals surface area contributed by atoms with Crippen molar-refractivity contribution in [2.24, 2.45) is 11.8 Å². The molecular formula is C31H34F2. The Kier molecular flexibility index (Phi) is 8.10. The van der Waals surface area contributed by atoms with Gasteiger partial charge in [-0.3, -0.25) is 0 Å². The standard InChI is InChI=1S/C31H34F2/c1-23(28-5-3-2-4-6-28)21-27-15-13-25(14-16-27)8-7-24-9-11-26(12-10-24)17-18-29-19-20-30(32)22-31(29)33/h2-6,9-12,17-20,22-23,25,27H,7-8,13-16,21H2,1H3/t23-,25?,27?/m1/s1. The maximum atomic E-state index is 13.8. The molecule has 172 valence electrons. The lowest BCUT2D eigenvalue weighted by atomic mass is 9.76. The van der Waals surface area contributed by atoms with Crippen molar-refractivity contribution < 1.29 is 8.78 Å². The first-order chi connectivity index (χ1) is 16.1. The lowest BCUT2D eigenvalue weighted by Crippen LogP contribution is -2.16. The van der Waals surface area contributed by atoms with Gasteiger partial charge in [-0.25, -0.2) is 8.78 Å². The van der Waals surface area contributed by atoms with Crippen molar-refractivity contribution in [3.8, 4) is 0 Å². The molecule has 0 saturated heterocycles. The first-order valence-electron chi connectivity index (χ1n) is 12.3. The van der Waals surface area contributed by atoms with Gasteiger partial charge in [-0.05, 0) is 65.8 Å². The van der Waals surface area contributed by atoms with Gasteiger partial charge in [0.25, 0.3) is 0 Å². The molecule has 0 N–H and O–H groups in total. The first-order valence-corrected chi connectivity index (χ1v) is 12.3. The van der Waals surface area contributed by atoms with E-state index in [2.05, 4.69) is 61.5 Å². The number of hydrogen-bond acceptors (Lipinski definition) is 0. The molecule has 0 aliphatic heterocycles. The molecular weight excluding hydrogens is 410 g/mol. The molecule has 0 bridgehead atoms. The second-order valence-corrected chi connectivity index (χ2v) is 9.71. The highest BCUT2D eigenvalue weighted by atomic mass is 19.1. The quantitative estimate of drug-likeness (QED) is 0.304. The van der Waals surface area contributed by atoms with Gasteiger partial charge in [-0.15, -0.1) is 0 Å². The van der Waals surface area contributed by atoms with Gasteiger partial charge in [-0.2, -0.15) is 0 Å². The number of hydrogen-bond donors (Lipinski definition) is 0. The summed E-state index contributed by atoms with van der Waals surface area (Å²) in [4.78, 5) is 0. The number of halogens is 2. The zero-order valence-electron chi connectivity index (χ0n) is 19.5. The van der Waals surface area contributed by atoms with Crippen molar-refractivity contribution in [2.75, 3.05) is 0 Å². The zero-order valence-corrected chi connectivity index (χ0v) is 19.5. The summed E-state index contributed by atoms with van der Waals surface area (Å²) in [6.45, 7) is 2.37. The van der Waals surface area contributed by atoms with Crippen LogP contribution in [0.4, 0.5) is 8.78 Å². The van der Waals surface area contributed by atoms with Crippen LogP contribution in [-0.4, -0.2) is 0 Å². The van der Waals surface area contributed by atoms with Crippen molar-refractivity contribution >= 4 is 12.2 Å². The monoisotopic (exact) mass is 444 g/mol. The third-order valence-corrected chi connectivity index (χ3v) is 7.26. The van der Waals surface area contributed by atoms with Crippen LogP contribution in [0.2, 0.25) is 0 Å². The van der Waals surface area contributed by atoms with E-state index in [0.29, 0.717) is 11.5 Å². The Labute approximate surface area is 197 Å². The van der Waals surface area contributed by atoms with E-state index < -0.39 is 11.6 Å². The number of aryl methyl sites for hydroxylation is 1. The Hall–Kier alpha value is -2.74. The molecule has 0 heterocycles. The van der Waals surface area contributed by atoms with Gasteiger partial charge in [0, 0.05) is 11.6 Å². The molecule has 1 atom stereocenters. The van der Waals surface area contributed by atoms with Gasteiger partial charge >= 0.3 is 0 Å². The topological polar surface area (TPSA) is 0 Å². The van der Waals surface area contributed by atoms with Crippen molar-refractivity contribution in [3.05, 3.63) is 107 Å². The molecule has 1 saturated carbocycles. The second kappa shape index (κ2) is 11.4. The number of rotatable bonds is 8. The van der Waals surface area contributed by atoms with Crippen LogP contribution in [0.25, 0.3) is 12.2 Å². The van der Waals surface area contributed by atoms with E-state index in [0.717, 1.165) is 29.9 Å². The minimum absolute atomic E-state index is 0.397. The summed E-state index contributed by atoms with van der Waals surface area (Å²) in [5.74, 6) is 1.28. The summed E-state index contributed by atoms with van der Waals surface area (Å²) in [6.07, 6.45) is 12.7. The summed E-state index contributed by atoms with van der Waals surface area (Å²) in [5, 5.41) is 0. The molecule has 0 unspecified atom stereocenters. The normalized spacial score (nSPS) is 19.6. The van der Waals surface area contributed by atoms with E-state index in [1.165, 1.54) is 61.8 Å². The second-order valence-electron chi connectivity index (χ2n) is 9.71. The van der Waals surface area contributed by atoms with E-state index in [9.17, 15) is 8.78 Å². The fourth-order valence-corrected chi connectivity index (χ4v) is 5.16. The summed E-state index contributed by atoms with van der Waals surface area (Å²) in [5.41, 5.74) is 4.26. The van der Waals surface area contributed by atoms with Crippen LogP contribution in [0.15, 0.2) is 72.8 Å². The highest BCUT2D eigenvalue weighted by Gasteiger charge is 2.23. The Balaban J connectivity index is 1.20. The largest absolute Gasteiger partial charge is 0.207 e. The number of benzene rings is 3. The average molecular weight is 445 g/mol. The molecule has 0 nitrogen and oxygen atoms in total. The van der Waals surface area contributed by atoms with E-state index in [1.54, 1.807) is 6.08 Å². The molecule has 1 fully saturated rings. The molecule has 3 aromatic rings. The first kappa shape index (κ1) is 23.4. The van der Waals surface area contributed by atoms with Gasteiger partial charge in [-0.1, -0.05) is 99.4 Å².